The highest BCUT2D eigenvalue weighted by atomic mass is 35.7. The maximum absolute atomic E-state index is 11.4. The summed E-state index contributed by atoms with van der Waals surface area (Å²) < 4.78 is 24.3. The van der Waals surface area contributed by atoms with E-state index in [-0.39, 0.29) is 11.2 Å². The third kappa shape index (κ3) is 2.34. The first kappa shape index (κ1) is 12.9. The molecule has 2 aromatic rings. The smallest absolute Gasteiger partial charge is 0.294 e. The summed E-state index contributed by atoms with van der Waals surface area (Å²) in [6.07, 6.45) is 4.43. The van der Waals surface area contributed by atoms with E-state index in [9.17, 15) is 8.42 Å². The van der Waals surface area contributed by atoms with E-state index in [1.807, 2.05) is 13.8 Å². The van der Waals surface area contributed by atoms with Gasteiger partial charge in [-0.05, 0) is 13.8 Å². The molecular formula is C9H10ClN5O2S. The van der Waals surface area contributed by atoms with Crippen LogP contribution >= 0.6 is 10.7 Å². The Morgan fingerprint density at radius 3 is 2.33 bits per heavy atom. The lowest BCUT2D eigenvalue weighted by Crippen LogP contribution is -2.10. The standard InChI is InChI=1S/C9H10ClN5O2S/c1-6(2)15-8(7-3-11-5-12-4-7)13-14-9(15)18(10,16)17/h3-6H,1-2H3. The van der Waals surface area contributed by atoms with Crippen LogP contribution in [0.15, 0.2) is 23.9 Å². The van der Waals surface area contributed by atoms with Gasteiger partial charge in [0.2, 0.25) is 0 Å². The Balaban J connectivity index is 2.68. The lowest BCUT2D eigenvalue weighted by molar-refractivity contribution is 0.530. The largest absolute Gasteiger partial charge is 0.296 e. The maximum Gasteiger partial charge on any atom is 0.296 e. The quantitative estimate of drug-likeness (QED) is 0.789. The summed E-state index contributed by atoms with van der Waals surface area (Å²) in [7, 11) is 1.38. The minimum absolute atomic E-state index is 0.168. The highest BCUT2D eigenvalue weighted by molar-refractivity contribution is 8.13. The molecule has 18 heavy (non-hydrogen) atoms. The zero-order valence-corrected chi connectivity index (χ0v) is 11.2. The van der Waals surface area contributed by atoms with Crippen molar-refractivity contribution in [2.45, 2.75) is 25.0 Å². The highest BCUT2D eigenvalue weighted by Gasteiger charge is 2.25. The van der Waals surface area contributed by atoms with Crippen molar-refractivity contribution >= 4 is 19.7 Å². The number of halogens is 1. The van der Waals surface area contributed by atoms with Crippen molar-refractivity contribution in [3.63, 3.8) is 0 Å². The minimum Gasteiger partial charge on any atom is -0.294 e. The Morgan fingerprint density at radius 1 is 1.22 bits per heavy atom. The molecule has 0 spiro atoms. The first-order valence-corrected chi connectivity index (χ1v) is 7.37. The summed E-state index contributed by atoms with van der Waals surface area (Å²) in [4.78, 5) is 7.72. The van der Waals surface area contributed by atoms with Crippen LogP contribution in [0.3, 0.4) is 0 Å². The lowest BCUT2D eigenvalue weighted by atomic mass is 10.3. The summed E-state index contributed by atoms with van der Waals surface area (Å²) in [5, 5.41) is 7.19. The fraction of sp³-hybridized carbons (Fsp3) is 0.333. The second-order valence-corrected chi connectivity index (χ2v) is 6.29. The molecule has 2 aromatic heterocycles. The summed E-state index contributed by atoms with van der Waals surface area (Å²) in [5.74, 6) is 0.366. The Bertz CT molecular complexity index is 653. The van der Waals surface area contributed by atoms with Gasteiger partial charge in [0.25, 0.3) is 14.2 Å². The molecular weight excluding hydrogens is 278 g/mol. The van der Waals surface area contributed by atoms with Crippen LogP contribution in [0.4, 0.5) is 0 Å². The van der Waals surface area contributed by atoms with Crippen LogP contribution in [-0.4, -0.2) is 33.2 Å². The molecule has 2 heterocycles. The number of hydrogen-bond donors (Lipinski definition) is 0. The predicted octanol–water partition coefficient (Wildman–Crippen LogP) is 1.24. The van der Waals surface area contributed by atoms with Crippen molar-refractivity contribution in [3.8, 4) is 11.4 Å². The van der Waals surface area contributed by atoms with Crippen molar-refractivity contribution in [2.24, 2.45) is 0 Å². The molecule has 2 rings (SSSR count). The predicted molar refractivity (Wildman–Crippen MR) is 64.5 cm³/mol. The molecule has 0 aliphatic rings. The van der Waals surface area contributed by atoms with Crippen LogP contribution in [0, 0.1) is 0 Å². The maximum atomic E-state index is 11.4. The van der Waals surface area contributed by atoms with E-state index in [0.717, 1.165) is 0 Å². The summed E-state index contributed by atoms with van der Waals surface area (Å²) in [6, 6.07) is -0.168. The molecule has 0 aliphatic carbocycles. The van der Waals surface area contributed by atoms with Crippen molar-refractivity contribution in [3.05, 3.63) is 18.7 Å². The molecule has 9 heteroatoms. The van der Waals surface area contributed by atoms with Crippen molar-refractivity contribution in [2.75, 3.05) is 0 Å². The van der Waals surface area contributed by atoms with Gasteiger partial charge in [0, 0.05) is 29.1 Å². The van der Waals surface area contributed by atoms with Crippen molar-refractivity contribution in [1.29, 1.82) is 0 Å². The molecule has 0 aliphatic heterocycles. The van der Waals surface area contributed by atoms with E-state index >= 15 is 0 Å². The molecule has 0 saturated heterocycles. The molecule has 0 fully saturated rings. The monoisotopic (exact) mass is 287 g/mol. The van der Waals surface area contributed by atoms with Gasteiger partial charge in [0.15, 0.2) is 5.82 Å². The van der Waals surface area contributed by atoms with Gasteiger partial charge in [0.1, 0.15) is 6.33 Å². The SMILES string of the molecule is CC(C)n1c(-c2cncnc2)nnc1S(=O)(=O)Cl. The van der Waals surface area contributed by atoms with Gasteiger partial charge in [0.05, 0.1) is 5.56 Å². The summed E-state index contributed by atoms with van der Waals surface area (Å²) in [6.45, 7) is 3.62. The van der Waals surface area contributed by atoms with Gasteiger partial charge < -0.3 is 0 Å². The normalized spacial score (nSPS) is 12.0. The number of rotatable bonds is 3. The average molecular weight is 288 g/mol. The zero-order chi connectivity index (χ0) is 13.3. The number of nitrogens with zero attached hydrogens (tertiary/aromatic N) is 5. The molecule has 0 saturated carbocycles. The average Bonchev–Trinajstić information content (AvgIpc) is 2.74. The second kappa shape index (κ2) is 4.62. The van der Waals surface area contributed by atoms with Gasteiger partial charge in [-0.2, -0.15) is 0 Å². The molecule has 96 valence electrons. The van der Waals surface area contributed by atoms with Crippen LogP contribution in [0.25, 0.3) is 11.4 Å². The van der Waals surface area contributed by atoms with Gasteiger partial charge in [-0.3, -0.25) is 4.57 Å². The van der Waals surface area contributed by atoms with Crippen LogP contribution in [0.2, 0.25) is 0 Å². The first-order valence-electron chi connectivity index (χ1n) is 5.06. The van der Waals surface area contributed by atoms with Crippen molar-refractivity contribution < 1.29 is 8.42 Å². The molecule has 0 N–H and O–H groups in total. The van der Waals surface area contributed by atoms with E-state index < -0.39 is 9.05 Å². The summed E-state index contributed by atoms with van der Waals surface area (Å²) >= 11 is 0. The van der Waals surface area contributed by atoms with Gasteiger partial charge in [-0.1, -0.05) is 0 Å². The van der Waals surface area contributed by atoms with E-state index in [4.69, 9.17) is 10.7 Å². The van der Waals surface area contributed by atoms with Crippen LogP contribution in [-0.2, 0) is 9.05 Å². The third-order valence-electron chi connectivity index (χ3n) is 2.22. The van der Waals surface area contributed by atoms with Gasteiger partial charge >= 0.3 is 0 Å². The highest BCUT2D eigenvalue weighted by Crippen LogP contribution is 2.25. The number of aromatic nitrogens is 5. The van der Waals surface area contributed by atoms with Gasteiger partial charge in [-0.25, -0.2) is 18.4 Å². The fourth-order valence-corrected chi connectivity index (χ4v) is 2.51. The number of hydrogen-bond acceptors (Lipinski definition) is 6. The Labute approximate surface area is 108 Å². The molecule has 0 amide bonds. The van der Waals surface area contributed by atoms with E-state index in [1.54, 1.807) is 0 Å². The molecule has 0 aromatic carbocycles. The lowest BCUT2D eigenvalue weighted by Gasteiger charge is -2.11. The Hall–Kier alpha value is -1.54. The topological polar surface area (TPSA) is 90.6 Å². The molecule has 0 bridgehead atoms. The Morgan fingerprint density at radius 2 is 1.83 bits per heavy atom. The molecule has 0 atom stereocenters. The Kier molecular flexibility index (Phi) is 3.31. The zero-order valence-electron chi connectivity index (χ0n) is 9.65. The van der Waals surface area contributed by atoms with E-state index in [2.05, 4.69) is 20.2 Å². The summed E-state index contributed by atoms with van der Waals surface area (Å²) in [5.41, 5.74) is 0.574. The van der Waals surface area contributed by atoms with Crippen molar-refractivity contribution in [1.82, 2.24) is 24.7 Å². The molecule has 0 unspecified atom stereocenters. The third-order valence-corrected chi connectivity index (χ3v) is 3.35. The van der Waals surface area contributed by atoms with Crippen LogP contribution in [0.5, 0.6) is 0 Å². The minimum atomic E-state index is -3.94. The first-order chi connectivity index (χ1) is 8.41. The fourth-order valence-electron chi connectivity index (χ4n) is 1.52. The van der Waals surface area contributed by atoms with E-state index in [1.165, 1.54) is 23.3 Å². The van der Waals surface area contributed by atoms with Crippen LogP contribution < -0.4 is 0 Å². The second-order valence-electron chi connectivity index (χ2n) is 3.83. The van der Waals surface area contributed by atoms with E-state index in [0.29, 0.717) is 11.4 Å². The van der Waals surface area contributed by atoms with Crippen LogP contribution in [0.1, 0.15) is 19.9 Å². The van der Waals surface area contributed by atoms with Gasteiger partial charge in [-0.15, -0.1) is 10.2 Å². The molecule has 0 radical (unpaired) electrons. The molecule has 7 nitrogen and oxygen atoms in total.